The summed E-state index contributed by atoms with van der Waals surface area (Å²) in [5, 5.41) is 4.22. The average Bonchev–Trinajstić information content (AvgIpc) is 2.67. The molecule has 2 radical (unpaired) electrons. The molecule has 0 saturated carbocycles. The van der Waals surface area contributed by atoms with Crippen LogP contribution in [0, 0.1) is 0 Å². The number of rotatable bonds is 4. The summed E-state index contributed by atoms with van der Waals surface area (Å²) in [5.74, 6) is -1.38. The van der Waals surface area contributed by atoms with E-state index in [9.17, 15) is 9.59 Å². The van der Waals surface area contributed by atoms with Crippen LogP contribution in [0.4, 0.5) is 9.59 Å². The van der Waals surface area contributed by atoms with Crippen LogP contribution < -0.4 is 10.9 Å². The lowest BCUT2D eigenvalue weighted by molar-refractivity contribution is 0.184. The number of benzene rings is 4. The van der Waals surface area contributed by atoms with Crippen molar-refractivity contribution in [2.75, 3.05) is 0 Å². The maximum atomic E-state index is 12.0. The number of carbonyl (C=O) groups excluding carboxylic acids is 2. The van der Waals surface area contributed by atoms with Gasteiger partial charge in [-0.15, -0.1) is 0 Å². The quantitative estimate of drug-likeness (QED) is 0.418. The Balaban J connectivity index is 1.39. The van der Waals surface area contributed by atoms with Crippen molar-refractivity contribution in [1.82, 2.24) is 0 Å². The SMILES string of the molecule is O=C([B]c1ccc2ccccc2c1)OC(=O)[B]c1ccc2ccccc2c1. The van der Waals surface area contributed by atoms with Crippen molar-refractivity contribution in [2.24, 2.45) is 0 Å². The Morgan fingerprint density at radius 3 is 1.41 bits per heavy atom. The highest BCUT2D eigenvalue weighted by atomic mass is 16.6. The van der Waals surface area contributed by atoms with Crippen molar-refractivity contribution in [3.63, 3.8) is 0 Å². The topological polar surface area (TPSA) is 43.4 Å². The van der Waals surface area contributed by atoms with Gasteiger partial charge in [0, 0.05) is 0 Å². The molecule has 0 saturated heterocycles. The second-order valence-corrected chi connectivity index (χ2v) is 6.24. The summed E-state index contributed by atoms with van der Waals surface area (Å²) in [6.45, 7) is 0. The van der Waals surface area contributed by atoms with Gasteiger partial charge in [-0.3, -0.25) is 9.59 Å². The highest BCUT2D eigenvalue weighted by Gasteiger charge is 2.15. The first-order valence-electron chi connectivity index (χ1n) is 8.60. The van der Waals surface area contributed by atoms with Crippen molar-refractivity contribution in [2.45, 2.75) is 0 Å². The lowest BCUT2D eigenvalue weighted by Gasteiger charge is -2.05. The maximum absolute atomic E-state index is 12.0. The Hall–Kier alpha value is -3.33. The highest BCUT2D eigenvalue weighted by molar-refractivity contribution is 6.87. The Morgan fingerprint density at radius 1 is 0.556 bits per heavy atom. The summed E-state index contributed by atoms with van der Waals surface area (Å²) in [7, 11) is 2.64. The third-order valence-corrected chi connectivity index (χ3v) is 4.32. The number of ether oxygens (including phenoxy) is 1. The van der Waals surface area contributed by atoms with Gasteiger partial charge in [0.2, 0.25) is 0 Å². The Labute approximate surface area is 158 Å². The van der Waals surface area contributed by atoms with E-state index in [1.165, 1.54) is 14.6 Å². The Kier molecular flexibility index (Phi) is 4.75. The van der Waals surface area contributed by atoms with Crippen LogP contribution in [0.15, 0.2) is 84.9 Å². The summed E-state index contributed by atoms with van der Waals surface area (Å²) in [6, 6.07) is 27.0. The molecule has 0 aliphatic heterocycles. The van der Waals surface area contributed by atoms with Crippen LogP contribution in [0.2, 0.25) is 0 Å². The molecule has 0 heterocycles. The minimum absolute atomic E-state index is 0.688. The van der Waals surface area contributed by atoms with Crippen molar-refractivity contribution in [3.05, 3.63) is 84.9 Å². The second kappa shape index (κ2) is 7.50. The minimum Gasteiger partial charge on any atom is -0.411 e. The van der Waals surface area contributed by atoms with E-state index in [1.807, 2.05) is 84.9 Å². The molecule has 0 aromatic heterocycles. The predicted octanol–water partition coefficient (Wildman–Crippen LogP) is 3.61. The summed E-state index contributed by atoms with van der Waals surface area (Å²) in [4.78, 5) is 24.1. The van der Waals surface area contributed by atoms with Crippen LogP contribution in [0.3, 0.4) is 0 Å². The zero-order valence-corrected chi connectivity index (χ0v) is 14.5. The van der Waals surface area contributed by atoms with E-state index in [4.69, 9.17) is 4.74 Å². The summed E-state index contributed by atoms with van der Waals surface area (Å²) in [5.41, 5.74) is 1.38. The van der Waals surface area contributed by atoms with Gasteiger partial charge >= 0.3 is 0 Å². The molecule has 5 heteroatoms. The summed E-state index contributed by atoms with van der Waals surface area (Å²) < 4.78 is 4.89. The number of fused-ring (bicyclic) bond motifs is 2. The fourth-order valence-electron chi connectivity index (χ4n) is 3.03. The largest absolute Gasteiger partial charge is 0.411 e. The molecule has 4 aromatic rings. The van der Waals surface area contributed by atoms with Gasteiger partial charge in [0.25, 0.3) is 26.3 Å². The molecule has 4 rings (SSSR count). The van der Waals surface area contributed by atoms with Crippen LogP contribution in [-0.4, -0.2) is 26.3 Å². The summed E-state index contributed by atoms with van der Waals surface area (Å²) >= 11 is 0. The Morgan fingerprint density at radius 2 is 0.963 bits per heavy atom. The number of carbonyl (C=O) groups is 2. The van der Waals surface area contributed by atoms with E-state index >= 15 is 0 Å². The standard InChI is InChI=1S/C22H14B2O3/c25-21(23-19-11-9-15-5-1-3-7-17(15)13-19)27-22(26)24-20-12-10-16-6-2-4-8-18(16)14-20/h1-14H. The zero-order chi connectivity index (χ0) is 18.6. The lowest BCUT2D eigenvalue weighted by Crippen LogP contribution is -2.31. The average molecular weight is 348 g/mol. The molecule has 0 atom stereocenters. The van der Waals surface area contributed by atoms with Crippen molar-refractivity contribution in [3.8, 4) is 0 Å². The highest BCUT2D eigenvalue weighted by Crippen LogP contribution is 2.12. The van der Waals surface area contributed by atoms with Crippen LogP contribution in [0.25, 0.3) is 21.5 Å². The third-order valence-electron chi connectivity index (χ3n) is 4.32. The predicted molar refractivity (Wildman–Crippen MR) is 111 cm³/mol. The van der Waals surface area contributed by atoms with Gasteiger partial charge in [0.15, 0.2) is 0 Å². The van der Waals surface area contributed by atoms with Crippen LogP contribution in [-0.2, 0) is 4.74 Å². The van der Waals surface area contributed by atoms with Crippen LogP contribution in [0.5, 0.6) is 0 Å². The molecule has 0 unspecified atom stereocenters. The van der Waals surface area contributed by atoms with E-state index < -0.39 is 11.7 Å². The smallest absolute Gasteiger partial charge is 0.300 e. The lowest BCUT2D eigenvalue weighted by atomic mass is 9.68. The molecule has 27 heavy (non-hydrogen) atoms. The number of hydrogen-bond acceptors (Lipinski definition) is 3. The van der Waals surface area contributed by atoms with Gasteiger partial charge in [0.1, 0.15) is 0 Å². The van der Waals surface area contributed by atoms with Crippen LogP contribution in [0.1, 0.15) is 0 Å². The molecule has 0 aliphatic carbocycles. The van der Waals surface area contributed by atoms with E-state index in [2.05, 4.69) is 0 Å². The molecule has 0 spiro atoms. The molecule has 126 valence electrons. The van der Waals surface area contributed by atoms with Gasteiger partial charge in [-0.2, -0.15) is 0 Å². The van der Waals surface area contributed by atoms with Crippen molar-refractivity contribution < 1.29 is 14.3 Å². The first-order chi connectivity index (χ1) is 13.2. The molecule has 0 N–H and O–H groups in total. The first-order valence-corrected chi connectivity index (χ1v) is 8.60. The van der Waals surface area contributed by atoms with E-state index in [1.54, 1.807) is 0 Å². The summed E-state index contributed by atoms with van der Waals surface area (Å²) in [6.07, 6.45) is 0. The third kappa shape index (κ3) is 4.09. The maximum Gasteiger partial charge on any atom is 0.300 e. The molecule has 0 amide bonds. The Bertz CT molecular complexity index is 1060. The van der Waals surface area contributed by atoms with Gasteiger partial charge in [-0.05, 0) is 21.5 Å². The van der Waals surface area contributed by atoms with Crippen molar-refractivity contribution >= 4 is 58.8 Å². The monoisotopic (exact) mass is 348 g/mol. The van der Waals surface area contributed by atoms with E-state index in [0.717, 1.165) is 21.5 Å². The van der Waals surface area contributed by atoms with Gasteiger partial charge in [-0.1, -0.05) is 95.9 Å². The fraction of sp³-hybridized carbons (Fsp3) is 0. The molecule has 0 bridgehead atoms. The van der Waals surface area contributed by atoms with Crippen LogP contribution >= 0.6 is 0 Å². The first kappa shape index (κ1) is 17.1. The van der Waals surface area contributed by atoms with E-state index in [-0.39, 0.29) is 0 Å². The van der Waals surface area contributed by atoms with Gasteiger partial charge in [-0.25, -0.2) is 0 Å². The minimum atomic E-state index is -0.688. The van der Waals surface area contributed by atoms with E-state index in [0.29, 0.717) is 10.9 Å². The van der Waals surface area contributed by atoms with Gasteiger partial charge in [0.05, 0.1) is 0 Å². The molecular formula is C22H14B2O3. The fourth-order valence-corrected chi connectivity index (χ4v) is 3.03. The molecule has 0 aliphatic rings. The molecule has 4 aromatic carbocycles. The molecular weight excluding hydrogens is 334 g/mol. The second-order valence-electron chi connectivity index (χ2n) is 6.24. The molecule has 0 fully saturated rings. The van der Waals surface area contributed by atoms with Crippen molar-refractivity contribution in [1.29, 1.82) is 0 Å². The normalized spacial score (nSPS) is 10.5. The van der Waals surface area contributed by atoms with Gasteiger partial charge < -0.3 is 4.74 Å². The number of hydrogen-bond donors (Lipinski definition) is 0. The molecule has 3 nitrogen and oxygen atoms in total. The zero-order valence-electron chi connectivity index (χ0n) is 14.5.